The molecule has 1 spiro atoms. The van der Waals surface area contributed by atoms with Gasteiger partial charge in [0.15, 0.2) is 0 Å². The zero-order chi connectivity index (χ0) is 27.4. The third kappa shape index (κ3) is 7.65. The Balaban J connectivity index is 1.60. The number of carboxylic acids is 1. The standard InChI is InChI=1S/C24H31F6N3O4/c1-16-12-17(14-18(13-16)31-8-2-4-19(34)35)15-33-9-3-5-22(33)6-10-32(11-7-22)21(36)37-20(23(25,26)27)24(28,29)30/h12-14,20,31H,2-11,15H2,1H3,(H,34,35). The summed E-state index contributed by atoms with van der Waals surface area (Å²) in [5, 5.41) is 12.0. The fourth-order valence-corrected chi connectivity index (χ4v) is 5.16. The molecule has 0 bridgehead atoms. The van der Waals surface area contributed by atoms with Crippen molar-refractivity contribution in [3.63, 3.8) is 0 Å². The van der Waals surface area contributed by atoms with Crippen molar-refractivity contribution in [1.82, 2.24) is 9.80 Å². The number of likely N-dealkylation sites (tertiary alicyclic amines) is 2. The van der Waals surface area contributed by atoms with Gasteiger partial charge >= 0.3 is 24.4 Å². The molecule has 0 radical (unpaired) electrons. The summed E-state index contributed by atoms with van der Waals surface area (Å²) in [6.45, 7) is 3.84. The summed E-state index contributed by atoms with van der Waals surface area (Å²) in [6.07, 6.45) is -14.2. The maximum Gasteiger partial charge on any atom is 0.434 e. The molecule has 0 aromatic heterocycles. The number of rotatable bonds is 8. The summed E-state index contributed by atoms with van der Waals surface area (Å²) < 4.78 is 80.5. The molecule has 0 unspecified atom stereocenters. The lowest BCUT2D eigenvalue weighted by Crippen LogP contribution is -2.54. The Bertz CT molecular complexity index is 947. The van der Waals surface area contributed by atoms with E-state index in [9.17, 15) is 35.9 Å². The maximum atomic E-state index is 12.8. The fourth-order valence-electron chi connectivity index (χ4n) is 5.16. The van der Waals surface area contributed by atoms with Crippen LogP contribution in [0.15, 0.2) is 18.2 Å². The summed E-state index contributed by atoms with van der Waals surface area (Å²) in [4.78, 5) is 26.0. The van der Waals surface area contributed by atoms with Gasteiger partial charge in [0.2, 0.25) is 0 Å². The molecule has 13 heteroatoms. The molecule has 2 saturated heterocycles. The first kappa shape index (κ1) is 28.9. The third-order valence-electron chi connectivity index (χ3n) is 6.91. The van der Waals surface area contributed by atoms with E-state index in [-0.39, 0.29) is 25.0 Å². The van der Waals surface area contributed by atoms with Gasteiger partial charge in [-0.3, -0.25) is 9.69 Å². The molecule has 0 saturated carbocycles. The predicted octanol–water partition coefficient (Wildman–Crippen LogP) is 5.33. The van der Waals surface area contributed by atoms with Crippen LogP contribution in [0, 0.1) is 6.92 Å². The molecular formula is C24H31F6N3O4. The minimum Gasteiger partial charge on any atom is -0.481 e. The maximum absolute atomic E-state index is 12.8. The molecule has 2 N–H and O–H groups in total. The zero-order valence-electron chi connectivity index (χ0n) is 20.4. The third-order valence-corrected chi connectivity index (χ3v) is 6.91. The number of piperidine rings is 1. The second kappa shape index (κ2) is 11.4. The van der Waals surface area contributed by atoms with Gasteiger partial charge in [-0.05, 0) is 68.8 Å². The van der Waals surface area contributed by atoms with Crippen LogP contribution in [0.2, 0.25) is 0 Å². The number of anilines is 1. The highest BCUT2D eigenvalue weighted by molar-refractivity contribution is 5.68. The minimum atomic E-state index is -5.75. The van der Waals surface area contributed by atoms with Gasteiger partial charge in [-0.1, -0.05) is 6.07 Å². The van der Waals surface area contributed by atoms with Crippen molar-refractivity contribution in [1.29, 1.82) is 0 Å². The van der Waals surface area contributed by atoms with Gasteiger partial charge in [-0.15, -0.1) is 0 Å². The molecule has 37 heavy (non-hydrogen) atoms. The summed E-state index contributed by atoms with van der Waals surface area (Å²) in [5.74, 6) is -0.856. The van der Waals surface area contributed by atoms with E-state index in [1.807, 2.05) is 25.1 Å². The molecule has 1 aromatic carbocycles. The first-order valence-electron chi connectivity index (χ1n) is 12.1. The summed E-state index contributed by atoms with van der Waals surface area (Å²) >= 11 is 0. The molecule has 0 atom stereocenters. The van der Waals surface area contributed by atoms with E-state index in [1.165, 1.54) is 0 Å². The lowest BCUT2D eigenvalue weighted by molar-refractivity contribution is -0.308. The SMILES string of the molecule is Cc1cc(CN2CCCC23CCN(C(=O)OC(C(F)(F)F)C(F)(F)F)CC3)cc(NCCCC(=O)O)c1. The Kier molecular flexibility index (Phi) is 8.86. The van der Waals surface area contributed by atoms with Gasteiger partial charge in [0, 0.05) is 43.8 Å². The second-order valence-corrected chi connectivity index (χ2v) is 9.71. The van der Waals surface area contributed by atoms with E-state index >= 15 is 0 Å². The Labute approximate surface area is 210 Å². The van der Waals surface area contributed by atoms with Crippen molar-refractivity contribution >= 4 is 17.7 Å². The van der Waals surface area contributed by atoms with Crippen molar-refractivity contribution in [3.8, 4) is 0 Å². The van der Waals surface area contributed by atoms with Crippen LogP contribution in [-0.4, -0.2) is 77.1 Å². The molecule has 208 valence electrons. The van der Waals surface area contributed by atoms with Crippen molar-refractivity contribution in [2.75, 3.05) is 31.5 Å². The molecule has 7 nitrogen and oxygen atoms in total. The number of carbonyl (C=O) groups is 2. The van der Waals surface area contributed by atoms with E-state index in [1.54, 1.807) is 0 Å². The normalized spacial score (nSPS) is 18.4. The van der Waals surface area contributed by atoms with Crippen LogP contribution < -0.4 is 5.32 Å². The van der Waals surface area contributed by atoms with E-state index in [4.69, 9.17) is 5.11 Å². The zero-order valence-corrected chi connectivity index (χ0v) is 20.4. The molecule has 3 rings (SSSR count). The Morgan fingerprint density at radius 1 is 1.05 bits per heavy atom. The van der Waals surface area contributed by atoms with E-state index in [0.717, 1.165) is 41.1 Å². The van der Waals surface area contributed by atoms with Gasteiger partial charge in [0.25, 0.3) is 6.10 Å². The number of aryl methyl sites for hydroxylation is 1. The molecule has 1 aromatic rings. The van der Waals surface area contributed by atoms with Crippen LogP contribution in [-0.2, 0) is 16.1 Å². The lowest BCUT2D eigenvalue weighted by Gasteiger charge is -2.45. The Morgan fingerprint density at radius 2 is 1.70 bits per heavy atom. The van der Waals surface area contributed by atoms with Crippen LogP contribution >= 0.6 is 0 Å². The number of carboxylic acid groups (broad SMARTS) is 1. The summed E-state index contributed by atoms with van der Waals surface area (Å²) in [5.41, 5.74) is 2.62. The number of amides is 1. The molecule has 0 aliphatic carbocycles. The van der Waals surface area contributed by atoms with E-state index in [2.05, 4.69) is 15.0 Å². The monoisotopic (exact) mass is 539 g/mol. The summed E-state index contributed by atoms with van der Waals surface area (Å²) in [6, 6.07) is 5.99. The fraction of sp³-hybridized carbons (Fsp3) is 0.667. The van der Waals surface area contributed by atoms with Gasteiger partial charge < -0.3 is 20.1 Å². The van der Waals surface area contributed by atoms with Crippen molar-refractivity contribution < 1.29 is 45.8 Å². The predicted molar refractivity (Wildman–Crippen MR) is 122 cm³/mol. The lowest BCUT2D eigenvalue weighted by atomic mass is 9.85. The topological polar surface area (TPSA) is 82.1 Å². The van der Waals surface area contributed by atoms with Crippen molar-refractivity contribution in [2.24, 2.45) is 0 Å². The second-order valence-electron chi connectivity index (χ2n) is 9.71. The van der Waals surface area contributed by atoms with Gasteiger partial charge in [-0.2, -0.15) is 26.3 Å². The van der Waals surface area contributed by atoms with Crippen molar-refractivity contribution in [2.45, 2.75) is 76.0 Å². The molecule has 2 aliphatic rings. The van der Waals surface area contributed by atoms with Gasteiger partial charge in [0.05, 0.1) is 0 Å². The van der Waals surface area contributed by atoms with E-state index < -0.39 is 30.5 Å². The highest BCUT2D eigenvalue weighted by Crippen LogP contribution is 2.41. The number of hydrogen-bond acceptors (Lipinski definition) is 5. The molecule has 2 fully saturated rings. The van der Waals surface area contributed by atoms with E-state index in [0.29, 0.717) is 32.4 Å². The number of nitrogens with one attached hydrogen (secondary N) is 1. The number of aliphatic carboxylic acids is 1. The van der Waals surface area contributed by atoms with Crippen LogP contribution in [0.5, 0.6) is 0 Å². The molecule has 1 amide bonds. The van der Waals surface area contributed by atoms with Crippen LogP contribution in [0.1, 0.15) is 49.7 Å². The first-order valence-corrected chi connectivity index (χ1v) is 12.1. The van der Waals surface area contributed by atoms with Crippen LogP contribution in [0.25, 0.3) is 0 Å². The van der Waals surface area contributed by atoms with Crippen LogP contribution in [0.3, 0.4) is 0 Å². The number of halogens is 6. The van der Waals surface area contributed by atoms with Gasteiger partial charge in [0.1, 0.15) is 0 Å². The number of carbonyl (C=O) groups excluding carboxylic acids is 1. The average molecular weight is 540 g/mol. The highest BCUT2D eigenvalue weighted by Gasteiger charge is 2.60. The summed E-state index contributed by atoms with van der Waals surface area (Å²) in [7, 11) is 0. The quantitative estimate of drug-likeness (QED) is 0.343. The largest absolute Gasteiger partial charge is 0.481 e. The number of benzene rings is 1. The minimum absolute atomic E-state index is 0.00195. The smallest absolute Gasteiger partial charge is 0.434 e. The molecular weight excluding hydrogens is 508 g/mol. The molecule has 2 aliphatic heterocycles. The Hall–Kier alpha value is -2.70. The van der Waals surface area contributed by atoms with Gasteiger partial charge in [-0.25, -0.2) is 4.79 Å². The van der Waals surface area contributed by atoms with Crippen molar-refractivity contribution in [3.05, 3.63) is 29.3 Å². The number of nitrogens with zero attached hydrogens (tertiary/aromatic N) is 2. The Morgan fingerprint density at radius 3 is 2.30 bits per heavy atom. The first-order chi connectivity index (χ1) is 17.2. The number of hydrogen-bond donors (Lipinski definition) is 2. The van der Waals surface area contributed by atoms with Crippen LogP contribution in [0.4, 0.5) is 36.8 Å². The molecule has 2 heterocycles. The highest BCUT2D eigenvalue weighted by atomic mass is 19.4. The average Bonchev–Trinajstić information content (AvgIpc) is 3.14. The number of ether oxygens (including phenoxy) is 1. The number of alkyl halides is 6.